The summed E-state index contributed by atoms with van der Waals surface area (Å²) >= 11 is 0. The topological polar surface area (TPSA) is 118 Å². The first-order valence-corrected chi connectivity index (χ1v) is 11.7. The molecule has 0 saturated carbocycles. The van der Waals surface area contributed by atoms with Gasteiger partial charge in [-0.2, -0.15) is 0 Å². The number of hydrogen-bond donors (Lipinski definition) is 4. The van der Waals surface area contributed by atoms with Crippen molar-refractivity contribution in [2.45, 2.75) is 37.5 Å². The molecule has 3 aromatic rings. The fourth-order valence-corrected chi connectivity index (χ4v) is 4.13. The molecule has 0 radical (unpaired) electrons. The summed E-state index contributed by atoms with van der Waals surface area (Å²) in [6.07, 6.45) is 3.26. The van der Waals surface area contributed by atoms with Crippen molar-refractivity contribution in [2.75, 3.05) is 25.0 Å². The molecule has 2 aromatic carbocycles. The Morgan fingerprint density at radius 3 is 2.76 bits per heavy atom. The number of carbonyl (C=O) groups excluding carboxylic acids is 2. The second-order valence-corrected chi connectivity index (χ2v) is 8.47. The van der Waals surface area contributed by atoms with Crippen LogP contribution in [0.25, 0.3) is 10.9 Å². The van der Waals surface area contributed by atoms with Crippen LogP contribution < -0.4 is 21.7 Å². The summed E-state index contributed by atoms with van der Waals surface area (Å²) in [5.41, 5.74) is 8.06. The van der Waals surface area contributed by atoms with E-state index < -0.39 is 12.1 Å². The maximum atomic E-state index is 13.2. The molecule has 4 rings (SSSR count). The van der Waals surface area contributed by atoms with Gasteiger partial charge < -0.3 is 26.4 Å². The summed E-state index contributed by atoms with van der Waals surface area (Å²) in [5.74, 6) is -0.473. The van der Waals surface area contributed by atoms with Gasteiger partial charge in [0.25, 0.3) is 0 Å². The van der Waals surface area contributed by atoms with Crippen molar-refractivity contribution in [1.29, 1.82) is 0 Å². The van der Waals surface area contributed by atoms with Gasteiger partial charge >= 0.3 is 0 Å². The average molecular weight is 462 g/mol. The van der Waals surface area contributed by atoms with Crippen LogP contribution in [0.4, 0.5) is 5.69 Å². The smallest absolute Gasteiger partial charge is 0.247 e. The number of rotatable bonds is 10. The van der Waals surface area contributed by atoms with Crippen molar-refractivity contribution in [3.63, 3.8) is 0 Å². The first kappa shape index (κ1) is 23.8. The number of aromatic nitrogens is 1. The molecule has 1 aromatic heterocycles. The second kappa shape index (κ2) is 11.7. The Bertz CT molecular complexity index is 1110. The number of benzene rings is 2. The molecule has 1 aliphatic heterocycles. The number of nitrogens with one attached hydrogen (secondary N) is 3. The third kappa shape index (κ3) is 6.38. The van der Waals surface area contributed by atoms with Gasteiger partial charge in [-0.3, -0.25) is 14.6 Å². The monoisotopic (exact) mass is 461 g/mol. The van der Waals surface area contributed by atoms with E-state index >= 15 is 0 Å². The third-order valence-corrected chi connectivity index (χ3v) is 5.93. The van der Waals surface area contributed by atoms with Gasteiger partial charge in [0.2, 0.25) is 11.8 Å². The van der Waals surface area contributed by atoms with Crippen LogP contribution in [0.15, 0.2) is 66.9 Å². The van der Waals surface area contributed by atoms with Crippen LogP contribution >= 0.6 is 0 Å². The van der Waals surface area contributed by atoms with Crippen LogP contribution in [0, 0.1) is 0 Å². The lowest BCUT2D eigenvalue weighted by molar-refractivity contribution is -0.127. The molecule has 8 heteroatoms. The molecule has 178 valence electrons. The molecule has 2 heterocycles. The molecule has 8 nitrogen and oxygen atoms in total. The van der Waals surface area contributed by atoms with Gasteiger partial charge in [0.15, 0.2) is 0 Å². The highest BCUT2D eigenvalue weighted by Gasteiger charge is 2.32. The third-order valence-electron chi connectivity index (χ3n) is 5.93. The summed E-state index contributed by atoms with van der Waals surface area (Å²) in [7, 11) is 0. The number of aryl methyl sites for hydroxylation is 1. The van der Waals surface area contributed by atoms with E-state index in [0.717, 1.165) is 16.5 Å². The van der Waals surface area contributed by atoms with E-state index in [0.29, 0.717) is 44.6 Å². The Hall–Kier alpha value is -3.33. The summed E-state index contributed by atoms with van der Waals surface area (Å²) < 4.78 is 5.65. The number of para-hydroxylation sites is 1. The van der Waals surface area contributed by atoms with E-state index in [2.05, 4.69) is 20.9 Å². The molecule has 5 N–H and O–H groups in total. The van der Waals surface area contributed by atoms with E-state index in [1.54, 1.807) is 6.20 Å². The standard InChI is InChI=1S/C26H31N5O3/c27-12-13-34-21-15-24(29-17-21)26(33)31-23(11-10-18-6-2-1-3-7-18)25(32)30-20-14-19-8-4-5-9-22(19)28-16-20/h1-9,14,16,21,23-24,29H,10-13,15,17,27H2,(H,30,32)(H,31,33)/t21-,23+,24-/m0/s1. The lowest BCUT2D eigenvalue weighted by atomic mass is 10.0. The van der Waals surface area contributed by atoms with Gasteiger partial charge in [-0.05, 0) is 37.0 Å². The molecule has 3 atom stereocenters. The minimum atomic E-state index is -0.690. The van der Waals surface area contributed by atoms with Crippen molar-refractivity contribution < 1.29 is 14.3 Å². The molecule has 0 spiro atoms. The van der Waals surface area contributed by atoms with E-state index in [1.807, 2.05) is 60.7 Å². The summed E-state index contributed by atoms with van der Waals surface area (Å²) in [5, 5.41) is 9.99. The van der Waals surface area contributed by atoms with Gasteiger partial charge in [0, 0.05) is 18.5 Å². The number of amides is 2. The molecule has 34 heavy (non-hydrogen) atoms. The first-order chi connectivity index (χ1) is 16.6. The molecule has 0 bridgehead atoms. The van der Waals surface area contributed by atoms with E-state index in [9.17, 15) is 9.59 Å². The average Bonchev–Trinajstić information content (AvgIpc) is 3.35. The predicted molar refractivity (Wildman–Crippen MR) is 132 cm³/mol. The lowest BCUT2D eigenvalue weighted by Gasteiger charge is -2.21. The highest BCUT2D eigenvalue weighted by atomic mass is 16.5. The molecule has 1 fully saturated rings. The molecule has 0 unspecified atom stereocenters. The van der Waals surface area contributed by atoms with Gasteiger partial charge in [-0.1, -0.05) is 48.5 Å². The summed E-state index contributed by atoms with van der Waals surface area (Å²) in [6.45, 7) is 1.49. The molecule has 1 aliphatic rings. The highest BCUT2D eigenvalue weighted by Crippen LogP contribution is 2.17. The Morgan fingerprint density at radius 1 is 1.15 bits per heavy atom. The number of fused-ring (bicyclic) bond motifs is 1. The van der Waals surface area contributed by atoms with E-state index in [4.69, 9.17) is 10.5 Å². The number of anilines is 1. The zero-order chi connectivity index (χ0) is 23.8. The number of nitrogens with zero attached hydrogens (tertiary/aromatic N) is 1. The Labute approximate surface area is 199 Å². The van der Waals surface area contributed by atoms with E-state index in [-0.39, 0.29) is 17.9 Å². The number of ether oxygens (including phenoxy) is 1. The highest BCUT2D eigenvalue weighted by molar-refractivity contribution is 5.99. The molecule has 0 aliphatic carbocycles. The van der Waals surface area contributed by atoms with Crippen molar-refractivity contribution in [3.8, 4) is 0 Å². The Morgan fingerprint density at radius 2 is 1.94 bits per heavy atom. The maximum Gasteiger partial charge on any atom is 0.247 e. The molecule has 1 saturated heterocycles. The fourth-order valence-electron chi connectivity index (χ4n) is 4.13. The SMILES string of the molecule is NCCO[C@@H]1CN[C@H](C(=O)N[C@H](CCc2ccccc2)C(=O)Nc2cnc3ccccc3c2)C1. The van der Waals surface area contributed by atoms with Crippen LogP contribution in [0.1, 0.15) is 18.4 Å². The van der Waals surface area contributed by atoms with Gasteiger partial charge in [-0.15, -0.1) is 0 Å². The van der Waals surface area contributed by atoms with Crippen molar-refractivity contribution in [1.82, 2.24) is 15.6 Å². The van der Waals surface area contributed by atoms with Crippen LogP contribution in [0.3, 0.4) is 0 Å². The molecule has 2 amide bonds. The van der Waals surface area contributed by atoms with Gasteiger partial charge in [0.1, 0.15) is 6.04 Å². The normalized spacial score (nSPS) is 18.5. The second-order valence-electron chi connectivity index (χ2n) is 8.47. The minimum absolute atomic E-state index is 0.0560. The quantitative estimate of drug-likeness (QED) is 0.367. The van der Waals surface area contributed by atoms with E-state index in [1.165, 1.54) is 0 Å². The molecular weight excluding hydrogens is 430 g/mol. The number of nitrogens with two attached hydrogens (primary N) is 1. The zero-order valence-corrected chi connectivity index (χ0v) is 19.1. The lowest BCUT2D eigenvalue weighted by Crippen LogP contribution is -2.50. The predicted octanol–water partition coefficient (Wildman–Crippen LogP) is 2.00. The van der Waals surface area contributed by atoms with Gasteiger partial charge in [0.05, 0.1) is 36.2 Å². The largest absolute Gasteiger partial charge is 0.376 e. The minimum Gasteiger partial charge on any atom is -0.376 e. The maximum absolute atomic E-state index is 13.2. The summed E-state index contributed by atoms with van der Waals surface area (Å²) in [4.78, 5) is 30.6. The van der Waals surface area contributed by atoms with Crippen molar-refractivity contribution in [2.24, 2.45) is 5.73 Å². The van der Waals surface area contributed by atoms with Crippen LogP contribution in [0.5, 0.6) is 0 Å². The van der Waals surface area contributed by atoms with Crippen molar-refractivity contribution >= 4 is 28.4 Å². The molecular formula is C26H31N5O3. The van der Waals surface area contributed by atoms with Crippen LogP contribution in [-0.4, -0.2) is 54.7 Å². The first-order valence-electron chi connectivity index (χ1n) is 11.7. The Balaban J connectivity index is 1.43. The zero-order valence-electron chi connectivity index (χ0n) is 19.1. The van der Waals surface area contributed by atoms with Crippen LogP contribution in [-0.2, 0) is 20.7 Å². The van der Waals surface area contributed by atoms with Gasteiger partial charge in [-0.25, -0.2) is 0 Å². The van der Waals surface area contributed by atoms with Crippen LogP contribution in [0.2, 0.25) is 0 Å². The number of hydrogen-bond acceptors (Lipinski definition) is 6. The van der Waals surface area contributed by atoms with Crippen molar-refractivity contribution in [3.05, 3.63) is 72.4 Å². The number of carbonyl (C=O) groups is 2. The fraction of sp³-hybridized carbons (Fsp3) is 0.346. The number of pyridine rings is 1. The Kier molecular flexibility index (Phi) is 8.19. The summed E-state index contributed by atoms with van der Waals surface area (Å²) in [6, 6.07) is 18.4.